The van der Waals surface area contributed by atoms with Gasteiger partial charge in [0.15, 0.2) is 0 Å². The van der Waals surface area contributed by atoms with Gasteiger partial charge in [0.25, 0.3) is 5.69 Å². The van der Waals surface area contributed by atoms with Crippen molar-refractivity contribution in [2.75, 3.05) is 5.32 Å². The van der Waals surface area contributed by atoms with E-state index in [9.17, 15) is 15.2 Å². The maximum Gasteiger partial charge on any atom is 0.271 e. The number of nitro groups is 1. The van der Waals surface area contributed by atoms with Crippen LogP contribution >= 0.6 is 11.6 Å². The van der Waals surface area contributed by atoms with Crippen LogP contribution in [0.15, 0.2) is 36.4 Å². The molecule has 2 N–H and O–H groups in total. The van der Waals surface area contributed by atoms with E-state index in [1.54, 1.807) is 12.1 Å². The monoisotopic (exact) mass is 304 g/mol. The highest BCUT2D eigenvalue weighted by Gasteiger charge is 2.25. The first kappa shape index (κ1) is 13.7. The summed E-state index contributed by atoms with van der Waals surface area (Å²) in [6, 6.07) is 9.73. The van der Waals surface area contributed by atoms with E-state index >= 15 is 0 Å². The van der Waals surface area contributed by atoms with Crippen molar-refractivity contribution < 1.29 is 10.0 Å². The Morgan fingerprint density at radius 3 is 2.90 bits per heavy atom. The molecule has 108 valence electrons. The van der Waals surface area contributed by atoms with Crippen molar-refractivity contribution in [2.24, 2.45) is 0 Å². The number of rotatable bonds is 3. The molecule has 0 saturated carbocycles. The number of hydrogen-bond acceptors (Lipinski definition) is 4. The van der Waals surface area contributed by atoms with Crippen molar-refractivity contribution in [3.05, 3.63) is 62.7 Å². The molecule has 0 fully saturated rings. The van der Waals surface area contributed by atoms with E-state index in [0.717, 1.165) is 24.0 Å². The first-order valence-electron chi connectivity index (χ1n) is 6.57. The van der Waals surface area contributed by atoms with Gasteiger partial charge in [-0.3, -0.25) is 10.1 Å². The fraction of sp³-hybridized carbons (Fsp3) is 0.200. The van der Waals surface area contributed by atoms with Crippen molar-refractivity contribution in [3.8, 4) is 5.75 Å². The number of nitrogens with one attached hydrogen (secondary N) is 1. The Morgan fingerprint density at radius 1 is 1.33 bits per heavy atom. The Hall–Kier alpha value is -2.27. The van der Waals surface area contributed by atoms with Gasteiger partial charge < -0.3 is 10.4 Å². The number of benzene rings is 2. The zero-order valence-corrected chi connectivity index (χ0v) is 11.8. The molecule has 0 spiro atoms. The molecule has 1 aliphatic carbocycles. The predicted molar refractivity (Wildman–Crippen MR) is 80.9 cm³/mol. The maximum atomic E-state index is 10.8. The molecule has 1 aliphatic rings. The van der Waals surface area contributed by atoms with Crippen LogP contribution in [-0.2, 0) is 6.42 Å². The molecule has 1 atom stereocenters. The number of phenols is 1. The summed E-state index contributed by atoms with van der Waals surface area (Å²) in [6.45, 7) is 0. The molecule has 2 aromatic carbocycles. The first-order chi connectivity index (χ1) is 10.1. The molecule has 0 heterocycles. The topological polar surface area (TPSA) is 75.4 Å². The summed E-state index contributed by atoms with van der Waals surface area (Å²) in [5.41, 5.74) is 2.47. The third-order valence-electron chi connectivity index (χ3n) is 3.74. The lowest BCUT2D eigenvalue weighted by Gasteiger charge is -2.16. The Morgan fingerprint density at radius 2 is 2.14 bits per heavy atom. The highest BCUT2D eigenvalue weighted by atomic mass is 35.5. The quantitative estimate of drug-likeness (QED) is 0.662. The van der Waals surface area contributed by atoms with E-state index in [4.69, 9.17) is 11.6 Å². The van der Waals surface area contributed by atoms with E-state index in [0.29, 0.717) is 16.5 Å². The average molecular weight is 305 g/mol. The normalized spacial score (nSPS) is 16.5. The largest absolute Gasteiger partial charge is 0.508 e. The van der Waals surface area contributed by atoms with Gasteiger partial charge in [0.05, 0.1) is 21.7 Å². The lowest BCUT2D eigenvalue weighted by atomic mass is 10.1. The third kappa shape index (κ3) is 2.52. The van der Waals surface area contributed by atoms with E-state index in [1.807, 2.05) is 6.07 Å². The molecule has 0 radical (unpaired) electrons. The molecule has 21 heavy (non-hydrogen) atoms. The van der Waals surface area contributed by atoms with Crippen LogP contribution in [-0.4, -0.2) is 10.0 Å². The van der Waals surface area contributed by atoms with Crippen LogP contribution in [0.4, 0.5) is 11.4 Å². The van der Waals surface area contributed by atoms with Gasteiger partial charge in [0, 0.05) is 12.1 Å². The number of phenolic OH excluding ortho intramolecular Hbond substituents is 1. The molecule has 1 unspecified atom stereocenters. The fourth-order valence-electron chi connectivity index (χ4n) is 2.71. The van der Waals surface area contributed by atoms with Gasteiger partial charge in [-0.15, -0.1) is 0 Å². The van der Waals surface area contributed by atoms with Crippen LogP contribution in [0.3, 0.4) is 0 Å². The van der Waals surface area contributed by atoms with Crippen LogP contribution in [0.1, 0.15) is 23.6 Å². The van der Waals surface area contributed by atoms with Crippen molar-refractivity contribution >= 4 is 23.0 Å². The average Bonchev–Trinajstić information content (AvgIpc) is 2.86. The van der Waals surface area contributed by atoms with E-state index in [2.05, 4.69) is 5.32 Å². The lowest BCUT2D eigenvalue weighted by molar-refractivity contribution is -0.384. The van der Waals surface area contributed by atoms with E-state index in [1.165, 1.54) is 18.2 Å². The van der Waals surface area contributed by atoms with Gasteiger partial charge >= 0.3 is 0 Å². The Labute approximate surface area is 126 Å². The summed E-state index contributed by atoms with van der Waals surface area (Å²) >= 11 is 6.10. The first-order valence-corrected chi connectivity index (χ1v) is 6.95. The molecule has 0 aliphatic heterocycles. The summed E-state index contributed by atoms with van der Waals surface area (Å²) in [4.78, 5) is 10.4. The smallest absolute Gasteiger partial charge is 0.271 e. The molecule has 5 nitrogen and oxygen atoms in total. The lowest BCUT2D eigenvalue weighted by Crippen LogP contribution is -2.07. The summed E-state index contributed by atoms with van der Waals surface area (Å²) in [6.07, 6.45) is 1.58. The Kier molecular flexibility index (Phi) is 3.43. The van der Waals surface area contributed by atoms with Gasteiger partial charge in [-0.25, -0.2) is 0 Å². The molecular weight excluding hydrogens is 292 g/mol. The molecule has 3 rings (SSSR count). The number of fused-ring (bicyclic) bond motifs is 1. The minimum atomic E-state index is -0.448. The van der Waals surface area contributed by atoms with E-state index < -0.39 is 4.92 Å². The van der Waals surface area contributed by atoms with Gasteiger partial charge in [-0.1, -0.05) is 23.7 Å². The standard InChI is InChI=1S/C15H13ClN2O3/c16-12-6-4-9(18(20)21)8-14(12)17-13-7-5-11-10(13)2-1-3-15(11)19/h1-4,6,8,13,17,19H,5,7H2. The summed E-state index contributed by atoms with van der Waals surface area (Å²) < 4.78 is 0. The number of anilines is 1. The van der Waals surface area contributed by atoms with Crippen molar-refractivity contribution in [1.29, 1.82) is 0 Å². The van der Waals surface area contributed by atoms with E-state index in [-0.39, 0.29) is 11.7 Å². The number of halogens is 1. The van der Waals surface area contributed by atoms with Crippen molar-refractivity contribution in [1.82, 2.24) is 0 Å². The van der Waals surface area contributed by atoms with Crippen LogP contribution < -0.4 is 5.32 Å². The molecule has 0 bridgehead atoms. The van der Waals surface area contributed by atoms with Crippen LogP contribution in [0.2, 0.25) is 5.02 Å². The van der Waals surface area contributed by atoms with Crippen molar-refractivity contribution in [2.45, 2.75) is 18.9 Å². The SMILES string of the molecule is O=[N+]([O-])c1ccc(Cl)c(NC2CCc3c(O)cccc32)c1. The van der Waals surface area contributed by atoms with Crippen molar-refractivity contribution in [3.63, 3.8) is 0 Å². The number of nitrogens with zero attached hydrogens (tertiary/aromatic N) is 1. The zero-order valence-electron chi connectivity index (χ0n) is 11.0. The number of aromatic hydroxyl groups is 1. The minimum absolute atomic E-state index is 0.00368. The molecule has 0 aromatic heterocycles. The van der Waals surface area contributed by atoms with Crippen LogP contribution in [0.25, 0.3) is 0 Å². The second-order valence-corrected chi connectivity index (χ2v) is 5.41. The number of hydrogen-bond donors (Lipinski definition) is 2. The fourth-order valence-corrected chi connectivity index (χ4v) is 2.88. The van der Waals surface area contributed by atoms with Gasteiger partial charge in [-0.2, -0.15) is 0 Å². The summed E-state index contributed by atoms with van der Waals surface area (Å²) in [5.74, 6) is 0.293. The number of non-ortho nitro benzene ring substituents is 1. The second kappa shape index (κ2) is 5.26. The summed E-state index contributed by atoms with van der Waals surface area (Å²) in [7, 11) is 0. The second-order valence-electron chi connectivity index (χ2n) is 5.00. The summed E-state index contributed by atoms with van der Waals surface area (Å²) in [5, 5.41) is 24.4. The Balaban J connectivity index is 1.91. The molecule has 6 heteroatoms. The number of nitro benzene ring substituents is 1. The van der Waals surface area contributed by atoms with Crippen LogP contribution in [0.5, 0.6) is 5.75 Å². The molecular formula is C15H13ClN2O3. The molecule has 0 amide bonds. The molecule has 2 aromatic rings. The van der Waals surface area contributed by atoms with Crippen LogP contribution in [0, 0.1) is 10.1 Å². The highest BCUT2D eigenvalue weighted by Crippen LogP contribution is 2.39. The van der Waals surface area contributed by atoms with Gasteiger partial charge in [0.2, 0.25) is 0 Å². The third-order valence-corrected chi connectivity index (χ3v) is 4.07. The predicted octanol–water partition coefficient (Wildman–Crippen LogP) is 4.05. The highest BCUT2D eigenvalue weighted by molar-refractivity contribution is 6.33. The van der Waals surface area contributed by atoms with Gasteiger partial charge in [-0.05, 0) is 36.1 Å². The molecule has 0 saturated heterocycles. The maximum absolute atomic E-state index is 10.8. The Bertz CT molecular complexity index is 718. The minimum Gasteiger partial charge on any atom is -0.508 e. The van der Waals surface area contributed by atoms with Gasteiger partial charge in [0.1, 0.15) is 5.75 Å². The zero-order chi connectivity index (χ0) is 15.0.